The molecule has 12 atom stereocenters. The van der Waals surface area contributed by atoms with Gasteiger partial charge in [-0.1, -0.05) is 37.2 Å². The number of nitrogens with one attached hydrogen (secondary N) is 3. The van der Waals surface area contributed by atoms with Crippen LogP contribution in [0.1, 0.15) is 44.6 Å². The molecule has 2 aromatic rings. The number of methoxy groups -OCH3 is 1. The molecule has 15 heteroatoms. The Labute approximate surface area is 259 Å². The van der Waals surface area contributed by atoms with Crippen molar-refractivity contribution in [2.75, 3.05) is 12.4 Å². The molecule has 45 heavy (non-hydrogen) atoms. The first kappa shape index (κ1) is 30.9. The summed E-state index contributed by atoms with van der Waals surface area (Å²) in [4.78, 5) is 42.0. The molecular weight excluding hydrogens is 588 g/mol. The first-order valence-corrected chi connectivity index (χ1v) is 15.1. The molecule has 4 bridgehead atoms. The molecule has 0 aromatic carbocycles. The molecule has 6 rings (SSSR count). The molecule has 2 aromatic heterocycles. The number of aromatic amines is 2. The topological polar surface area (TPSA) is 200 Å². The van der Waals surface area contributed by atoms with E-state index in [0.717, 1.165) is 5.57 Å². The molecule has 4 heterocycles. The van der Waals surface area contributed by atoms with E-state index >= 15 is 0 Å². The number of amides is 1. The number of cyclic esters (lactones) is 1. The molecule has 1 spiro atoms. The fourth-order valence-electron chi connectivity index (χ4n) is 7.70. The number of rotatable bonds is 6. The minimum atomic E-state index is -1.03. The minimum absolute atomic E-state index is 0.00222. The van der Waals surface area contributed by atoms with Gasteiger partial charge in [0.1, 0.15) is 35.7 Å². The smallest absolute Gasteiger partial charge is 0.414 e. The second-order valence-electron chi connectivity index (χ2n) is 12.3. The Balaban J connectivity index is 1.33. The third-order valence-electron chi connectivity index (χ3n) is 9.78. The Morgan fingerprint density at radius 1 is 1.27 bits per heavy atom. The highest BCUT2D eigenvalue weighted by atomic mass is 16.6. The van der Waals surface area contributed by atoms with E-state index in [4.69, 9.17) is 23.7 Å². The summed E-state index contributed by atoms with van der Waals surface area (Å²) < 4.78 is 30.1. The number of ether oxygens (including phenoxy) is 5. The molecule has 1 saturated heterocycles. The lowest BCUT2D eigenvalue weighted by Gasteiger charge is -2.48. The fourth-order valence-corrected chi connectivity index (χ4v) is 7.70. The third-order valence-corrected chi connectivity index (χ3v) is 9.78. The summed E-state index contributed by atoms with van der Waals surface area (Å²) in [5, 5.41) is 27.1. The van der Waals surface area contributed by atoms with Gasteiger partial charge in [0.05, 0.1) is 6.10 Å². The molecule has 0 radical (unpaired) electrons. The van der Waals surface area contributed by atoms with Crippen LogP contribution in [-0.2, 0) is 28.5 Å². The number of esters is 2. The van der Waals surface area contributed by atoms with Crippen LogP contribution in [0.3, 0.4) is 0 Å². The van der Waals surface area contributed by atoms with Crippen molar-refractivity contribution >= 4 is 24.0 Å². The fraction of sp³-hybridized carbons (Fsp3) is 0.600. The predicted octanol–water partition coefficient (Wildman–Crippen LogP) is 2.17. The lowest BCUT2D eigenvalue weighted by atomic mass is 9.57. The molecule has 4 aliphatic rings. The van der Waals surface area contributed by atoms with Gasteiger partial charge in [0, 0.05) is 42.9 Å². The van der Waals surface area contributed by atoms with Crippen LogP contribution in [0.25, 0.3) is 0 Å². The third kappa shape index (κ3) is 5.32. The molecule has 15 nitrogen and oxygen atoms in total. The molecule has 2 unspecified atom stereocenters. The average molecular weight is 627 g/mol. The molecule has 2 fully saturated rings. The van der Waals surface area contributed by atoms with Crippen molar-refractivity contribution in [3.05, 3.63) is 47.8 Å². The summed E-state index contributed by atoms with van der Waals surface area (Å²) in [6.45, 7) is 7.28. The van der Waals surface area contributed by atoms with Crippen LogP contribution in [0.2, 0.25) is 0 Å². The highest BCUT2D eigenvalue weighted by Crippen LogP contribution is 2.61. The maximum Gasteiger partial charge on any atom is 0.414 e. The SMILES string of the molecule is CO[C@H]1C[C@H]2C=CC3C4[C@H](O)[C@@H](C)[C@@H](OC(=O)c5ccc[nH]5)[C@@H]3O[C@]42/C(C)=C/[C@@H](C)[C@@H]([C@@H](C)OC(=O)Nc2nnn[nH]2)OC1=O. The van der Waals surface area contributed by atoms with Crippen LogP contribution in [0.4, 0.5) is 10.7 Å². The monoisotopic (exact) mass is 626 g/mol. The summed E-state index contributed by atoms with van der Waals surface area (Å²) in [7, 11) is 1.43. The van der Waals surface area contributed by atoms with E-state index in [1.807, 2.05) is 39.0 Å². The normalized spacial score (nSPS) is 39.1. The van der Waals surface area contributed by atoms with E-state index in [-0.39, 0.29) is 30.1 Å². The summed E-state index contributed by atoms with van der Waals surface area (Å²) >= 11 is 0. The zero-order valence-electron chi connectivity index (χ0n) is 25.6. The molecule has 1 saturated carbocycles. The van der Waals surface area contributed by atoms with Crippen molar-refractivity contribution in [2.24, 2.45) is 29.6 Å². The van der Waals surface area contributed by atoms with Gasteiger partial charge in [-0.05, 0) is 48.4 Å². The second kappa shape index (κ2) is 12.0. The molecular formula is C30H38N6O9. The standard InChI is InChI=1S/C30H38N6O9/c1-13-11-14(2)30-17(12-20(41-5)27(39)43-23(13)16(4)42-29(40)32-28-33-35-36-34-28)8-9-18-21(30)22(37)15(3)24(25(18)45-30)44-26(38)19-7-6-10-31-19/h6-11,13,15-18,20-25,31,37H,12H2,1-5H3,(H2,32,33,34,35,36,40)/b14-11+/t13-,15-,16-,17-,18?,20+,21?,22-,23+,24-,25-,30+/m1/s1. The highest BCUT2D eigenvalue weighted by molar-refractivity contribution is 5.87. The van der Waals surface area contributed by atoms with Crippen LogP contribution >= 0.6 is 0 Å². The van der Waals surface area contributed by atoms with Crippen molar-refractivity contribution in [1.82, 2.24) is 25.6 Å². The van der Waals surface area contributed by atoms with Gasteiger partial charge < -0.3 is 33.8 Å². The quantitative estimate of drug-likeness (QED) is 0.207. The lowest BCUT2D eigenvalue weighted by molar-refractivity contribution is -0.172. The van der Waals surface area contributed by atoms with Gasteiger partial charge in [-0.25, -0.2) is 19.5 Å². The number of H-pyrrole nitrogens is 2. The van der Waals surface area contributed by atoms with E-state index < -0.39 is 72.1 Å². The summed E-state index contributed by atoms with van der Waals surface area (Å²) in [6.07, 6.45) is 2.09. The Hall–Kier alpha value is -4.08. The lowest BCUT2D eigenvalue weighted by Crippen LogP contribution is -2.57. The number of hydrogen-bond acceptors (Lipinski definition) is 12. The minimum Gasteiger partial charge on any atom is -0.456 e. The zero-order valence-corrected chi connectivity index (χ0v) is 25.6. The largest absolute Gasteiger partial charge is 0.456 e. The molecule has 4 N–H and O–H groups in total. The zero-order chi connectivity index (χ0) is 32.0. The molecule has 242 valence electrons. The van der Waals surface area contributed by atoms with Crippen molar-refractivity contribution < 1.29 is 43.2 Å². The van der Waals surface area contributed by atoms with Crippen molar-refractivity contribution in [3.63, 3.8) is 0 Å². The predicted molar refractivity (Wildman–Crippen MR) is 154 cm³/mol. The van der Waals surface area contributed by atoms with E-state index in [2.05, 4.69) is 30.9 Å². The summed E-state index contributed by atoms with van der Waals surface area (Å²) in [6, 6.07) is 3.34. The number of aliphatic hydroxyl groups excluding tert-OH is 1. The van der Waals surface area contributed by atoms with E-state index in [0.29, 0.717) is 5.69 Å². The Bertz CT molecular complexity index is 1460. The van der Waals surface area contributed by atoms with Gasteiger partial charge in [0.2, 0.25) is 5.95 Å². The second-order valence-corrected chi connectivity index (χ2v) is 12.3. The first-order chi connectivity index (χ1) is 21.5. The van der Waals surface area contributed by atoms with E-state index in [9.17, 15) is 19.5 Å². The van der Waals surface area contributed by atoms with Crippen LogP contribution in [0, 0.1) is 29.6 Å². The highest BCUT2D eigenvalue weighted by Gasteiger charge is 2.69. The van der Waals surface area contributed by atoms with Crippen LogP contribution in [0.15, 0.2) is 42.1 Å². The van der Waals surface area contributed by atoms with Gasteiger partial charge in [-0.2, -0.15) is 0 Å². The average Bonchev–Trinajstić information content (AvgIpc) is 3.76. The first-order valence-electron chi connectivity index (χ1n) is 15.1. The summed E-state index contributed by atoms with van der Waals surface area (Å²) in [5.74, 6) is -3.01. The van der Waals surface area contributed by atoms with Crippen molar-refractivity contribution in [3.8, 4) is 0 Å². The number of aromatic nitrogens is 5. The number of hydrogen-bond donors (Lipinski definition) is 4. The molecule has 1 amide bonds. The molecule has 2 aliphatic carbocycles. The number of anilines is 1. The number of carbonyl (C=O) groups is 3. The maximum atomic E-state index is 13.5. The Morgan fingerprint density at radius 2 is 2.07 bits per heavy atom. The van der Waals surface area contributed by atoms with Crippen LogP contribution in [0.5, 0.6) is 0 Å². The van der Waals surface area contributed by atoms with Gasteiger partial charge in [-0.15, -0.1) is 0 Å². The maximum absolute atomic E-state index is 13.5. The Kier molecular flexibility index (Phi) is 8.26. The van der Waals surface area contributed by atoms with Gasteiger partial charge in [-0.3, -0.25) is 5.32 Å². The Morgan fingerprint density at radius 3 is 2.76 bits per heavy atom. The van der Waals surface area contributed by atoms with Crippen molar-refractivity contribution in [2.45, 2.75) is 76.3 Å². The number of aliphatic hydroxyl groups is 1. The van der Waals surface area contributed by atoms with Gasteiger partial charge in [0.15, 0.2) is 6.10 Å². The number of nitrogens with zero attached hydrogens (tertiary/aromatic N) is 3. The number of carbonyl (C=O) groups excluding carboxylic acids is 3. The molecule has 2 aliphatic heterocycles. The van der Waals surface area contributed by atoms with Gasteiger partial charge >= 0.3 is 18.0 Å². The van der Waals surface area contributed by atoms with Crippen molar-refractivity contribution in [1.29, 1.82) is 0 Å². The van der Waals surface area contributed by atoms with Gasteiger partial charge in [0.25, 0.3) is 0 Å². The van der Waals surface area contributed by atoms with E-state index in [1.165, 1.54) is 7.11 Å². The van der Waals surface area contributed by atoms with Crippen LogP contribution in [-0.4, -0.2) is 98.1 Å². The van der Waals surface area contributed by atoms with E-state index in [1.54, 1.807) is 25.3 Å². The number of tetrazole rings is 1. The summed E-state index contributed by atoms with van der Waals surface area (Å²) in [5.41, 5.74) is 0.107. The van der Waals surface area contributed by atoms with Crippen LogP contribution < -0.4 is 5.32 Å².